The summed E-state index contributed by atoms with van der Waals surface area (Å²) in [7, 11) is -4.18. The molecule has 3 aromatic rings. The molecule has 7 nitrogen and oxygen atoms in total. The third-order valence-corrected chi connectivity index (χ3v) is 8.98. The van der Waals surface area contributed by atoms with Gasteiger partial charge in [-0.05, 0) is 68.7 Å². The highest BCUT2D eigenvalue weighted by molar-refractivity contribution is 7.92. The number of hydrogen-bond acceptors (Lipinski definition) is 4. The second kappa shape index (κ2) is 13.3. The van der Waals surface area contributed by atoms with Gasteiger partial charge in [0.15, 0.2) is 0 Å². The van der Waals surface area contributed by atoms with Crippen LogP contribution in [0.4, 0.5) is 5.69 Å². The summed E-state index contributed by atoms with van der Waals surface area (Å²) >= 11 is 12.8. The maximum atomic E-state index is 14.0. The molecular weight excluding hydrogens is 557 g/mol. The predicted octanol–water partition coefficient (Wildman–Crippen LogP) is 5.75. The van der Waals surface area contributed by atoms with Gasteiger partial charge in [-0.2, -0.15) is 0 Å². The summed E-state index contributed by atoms with van der Waals surface area (Å²) in [6.45, 7) is 7.03. The Labute approximate surface area is 240 Å². The van der Waals surface area contributed by atoms with E-state index in [1.165, 1.54) is 17.0 Å². The number of sulfonamides is 1. The molecule has 0 aliphatic rings. The van der Waals surface area contributed by atoms with Crippen molar-refractivity contribution in [3.05, 3.63) is 93.5 Å². The summed E-state index contributed by atoms with van der Waals surface area (Å²) in [5.41, 5.74) is 2.33. The number of nitrogens with one attached hydrogen (secondary N) is 1. The highest BCUT2D eigenvalue weighted by Crippen LogP contribution is 2.31. The van der Waals surface area contributed by atoms with E-state index in [0.29, 0.717) is 34.1 Å². The largest absolute Gasteiger partial charge is 0.355 e. The molecule has 0 aliphatic carbocycles. The Hall–Kier alpha value is -3.07. The first-order valence-corrected chi connectivity index (χ1v) is 14.9. The second-order valence-electron chi connectivity index (χ2n) is 9.14. The van der Waals surface area contributed by atoms with Crippen LogP contribution in [0.1, 0.15) is 37.0 Å². The van der Waals surface area contributed by atoms with Crippen molar-refractivity contribution in [3.63, 3.8) is 0 Å². The lowest BCUT2D eigenvalue weighted by atomic mass is 10.1. The van der Waals surface area contributed by atoms with Crippen LogP contribution in [0.15, 0.2) is 71.6 Å². The molecule has 1 atom stereocenters. The number of carbonyl (C=O) groups excluding carboxylic acids is 2. The van der Waals surface area contributed by atoms with Crippen LogP contribution in [-0.2, 0) is 26.2 Å². The van der Waals surface area contributed by atoms with Gasteiger partial charge in [0, 0.05) is 23.1 Å². The molecule has 0 bridgehead atoms. The lowest BCUT2D eigenvalue weighted by Crippen LogP contribution is -2.52. The van der Waals surface area contributed by atoms with Gasteiger partial charge in [-0.15, -0.1) is 0 Å². The fraction of sp³-hybridized carbons (Fsp3) is 0.310. The van der Waals surface area contributed by atoms with Crippen LogP contribution >= 0.6 is 23.2 Å². The summed E-state index contributed by atoms with van der Waals surface area (Å²) in [6.07, 6.45) is 0.322. The Balaban J connectivity index is 2.12. The zero-order chi connectivity index (χ0) is 28.7. The normalized spacial score (nSPS) is 12.1. The van der Waals surface area contributed by atoms with Crippen LogP contribution in [-0.4, -0.2) is 44.3 Å². The lowest BCUT2D eigenvalue weighted by molar-refractivity contribution is -0.140. The molecule has 3 rings (SSSR count). The van der Waals surface area contributed by atoms with Crippen LogP contribution in [0.3, 0.4) is 0 Å². The van der Waals surface area contributed by atoms with Crippen molar-refractivity contribution in [1.29, 1.82) is 0 Å². The van der Waals surface area contributed by atoms with Gasteiger partial charge in [0.2, 0.25) is 11.8 Å². The number of hydrogen-bond donors (Lipinski definition) is 1. The topological polar surface area (TPSA) is 86.8 Å². The summed E-state index contributed by atoms with van der Waals surface area (Å²) in [5, 5.41) is 3.59. The van der Waals surface area contributed by atoms with Gasteiger partial charge in [0.25, 0.3) is 10.0 Å². The highest BCUT2D eigenvalue weighted by atomic mass is 35.5. The minimum absolute atomic E-state index is 0.0289. The first kappa shape index (κ1) is 30.5. The zero-order valence-corrected chi connectivity index (χ0v) is 24.8. The van der Waals surface area contributed by atoms with Crippen LogP contribution in [0.2, 0.25) is 10.0 Å². The van der Waals surface area contributed by atoms with E-state index in [2.05, 4.69) is 5.32 Å². The van der Waals surface area contributed by atoms with Crippen LogP contribution in [0.5, 0.6) is 0 Å². The molecule has 1 N–H and O–H groups in total. The molecule has 0 fully saturated rings. The van der Waals surface area contributed by atoms with Crippen molar-refractivity contribution in [2.24, 2.45) is 0 Å². The molecule has 208 valence electrons. The smallest absolute Gasteiger partial charge is 0.264 e. The molecule has 0 saturated heterocycles. The second-order valence-corrected chi connectivity index (χ2v) is 11.8. The van der Waals surface area contributed by atoms with Gasteiger partial charge < -0.3 is 10.2 Å². The van der Waals surface area contributed by atoms with Crippen molar-refractivity contribution < 1.29 is 18.0 Å². The maximum Gasteiger partial charge on any atom is 0.264 e. The number of halogens is 2. The van der Waals surface area contributed by atoms with Gasteiger partial charge in [-0.1, -0.05) is 72.1 Å². The molecule has 0 unspecified atom stereocenters. The zero-order valence-electron chi connectivity index (χ0n) is 22.4. The molecule has 0 aliphatic heterocycles. The number of aryl methyl sites for hydroxylation is 1. The Morgan fingerprint density at radius 3 is 2.15 bits per heavy atom. The van der Waals surface area contributed by atoms with E-state index >= 15 is 0 Å². The van der Waals surface area contributed by atoms with Gasteiger partial charge in [-0.3, -0.25) is 13.9 Å². The van der Waals surface area contributed by atoms with E-state index in [0.717, 1.165) is 9.87 Å². The molecule has 10 heteroatoms. The Bertz CT molecular complexity index is 1430. The fourth-order valence-electron chi connectivity index (χ4n) is 4.24. The number of amides is 2. The van der Waals surface area contributed by atoms with Gasteiger partial charge in [0.05, 0.1) is 10.6 Å². The number of anilines is 1. The van der Waals surface area contributed by atoms with Crippen LogP contribution in [0, 0.1) is 13.8 Å². The molecular formula is C29H33Cl2N3O4S. The maximum absolute atomic E-state index is 14.0. The molecule has 0 heterocycles. The highest BCUT2D eigenvalue weighted by Gasteiger charge is 2.34. The minimum atomic E-state index is -4.18. The van der Waals surface area contributed by atoms with E-state index in [1.807, 2.05) is 6.92 Å². The lowest BCUT2D eigenvalue weighted by Gasteiger charge is -2.33. The first-order valence-electron chi connectivity index (χ1n) is 12.7. The van der Waals surface area contributed by atoms with Gasteiger partial charge >= 0.3 is 0 Å². The molecule has 0 aromatic heterocycles. The van der Waals surface area contributed by atoms with Crippen molar-refractivity contribution >= 4 is 50.7 Å². The Morgan fingerprint density at radius 1 is 0.897 bits per heavy atom. The predicted molar refractivity (Wildman–Crippen MR) is 157 cm³/mol. The number of rotatable bonds is 11. The minimum Gasteiger partial charge on any atom is -0.355 e. The monoisotopic (exact) mass is 589 g/mol. The molecule has 2 amide bonds. The summed E-state index contributed by atoms with van der Waals surface area (Å²) in [4.78, 5) is 28.5. The third-order valence-electron chi connectivity index (χ3n) is 6.43. The van der Waals surface area contributed by atoms with E-state index < -0.39 is 28.5 Å². The van der Waals surface area contributed by atoms with Crippen LogP contribution < -0.4 is 9.62 Å². The average Bonchev–Trinajstić information content (AvgIpc) is 2.90. The summed E-state index contributed by atoms with van der Waals surface area (Å²) in [6, 6.07) is 17.5. The Morgan fingerprint density at radius 2 is 1.54 bits per heavy atom. The van der Waals surface area contributed by atoms with E-state index in [-0.39, 0.29) is 23.0 Å². The van der Waals surface area contributed by atoms with Crippen molar-refractivity contribution in [1.82, 2.24) is 10.2 Å². The van der Waals surface area contributed by atoms with Gasteiger partial charge in [0.1, 0.15) is 12.6 Å². The number of likely N-dealkylation sites (N-methyl/N-ethyl adjacent to an activating group) is 1. The number of benzene rings is 3. The number of carbonyl (C=O) groups is 2. The Kier molecular flexibility index (Phi) is 10.4. The van der Waals surface area contributed by atoms with E-state index in [9.17, 15) is 18.0 Å². The molecule has 0 radical (unpaired) electrons. The first-order chi connectivity index (χ1) is 18.5. The molecule has 39 heavy (non-hydrogen) atoms. The van der Waals surface area contributed by atoms with Crippen molar-refractivity contribution in [2.75, 3.05) is 17.4 Å². The van der Waals surface area contributed by atoms with Crippen molar-refractivity contribution in [3.8, 4) is 0 Å². The molecule has 0 spiro atoms. The van der Waals surface area contributed by atoms with E-state index in [1.54, 1.807) is 75.4 Å². The summed E-state index contributed by atoms with van der Waals surface area (Å²) < 4.78 is 29.0. The third kappa shape index (κ3) is 7.12. The number of nitrogens with zero attached hydrogens (tertiary/aromatic N) is 2. The average molecular weight is 591 g/mol. The fourth-order valence-corrected chi connectivity index (χ4v) is 6.08. The summed E-state index contributed by atoms with van der Waals surface area (Å²) in [5.74, 6) is -0.879. The molecule has 3 aromatic carbocycles. The molecule has 0 saturated carbocycles. The quantitative estimate of drug-likeness (QED) is 0.308. The van der Waals surface area contributed by atoms with Crippen LogP contribution in [0.25, 0.3) is 0 Å². The standard InChI is InChI=1S/C29H33Cl2N3O4S/c1-5-26(29(36)32-6-2)33(18-22-10-7-8-11-25(22)31)28(35)19-34(27-13-9-12-24(30)21(27)4)39(37,38)23-16-14-20(3)15-17-23/h7-17,26H,5-6,18-19H2,1-4H3,(H,32,36)/t26-/m0/s1. The SMILES string of the molecule is CCNC(=O)[C@H](CC)N(Cc1ccccc1Cl)C(=O)CN(c1cccc(Cl)c1C)S(=O)(=O)c1ccc(C)cc1. The van der Waals surface area contributed by atoms with Crippen molar-refractivity contribution in [2.45, 2.75) is 51.6 Å². The van der Waals surface area contributed by atoms with Gasteiger partial charge in [-0.25, -0.2) is 8.42 Å². The van der Waals surface area contributed by atoms with E-state index in [4.69, 9.17) is 23.2 Å².